The van der Waals surface area contributed by atoms with Gasteiger partial charge >= 0.3 is 6.09 Å². The highest BCUT2D eigenvalue weighted by atomic mass is 35.5. The number of rotatable bonds is 2. The van der Waals surface area contributed by atoms with E-state index in [1.165, 1.54) is 17.2 Å². The van der Waals surface area contributed by atoms with Crippen molar-refractivity contribution in [1.82, 2.24) is 19.4 Å². The number of carbonyl (C=O) groups is 2. The molecule has 2 amide bonds. The van der Waals surface area contributed by atoms with Crippen LogP contribution in [0.2, 0.25) is 5.02 Å². The number of likely N-dealkylation sites (N-methyl/N-ethyl adjacent to an activating group) is 2. The van der Waals surface area contributed by atoms with Gasteiger partial charge in [-0.3, -0.25) is 9.69 Å². The fourth-order valence-electron chi connectivity index (χ4n) is 8.25. The molecule has 0 radical (unpaired) electrons. The maximum Gasteiger partial charge on any atom is 0.410 e. The highest BCUT2D eigenvalue weighted by Gasteiger charge is 2.46. The molecule has 1 saturated carbocycles. The van der Waals surface area contributed by atoms with Crippen LogP contribution in [0.4, 0.5) is 10.5 Å². The molecule has 5 aliphatic rings. The normalized spacial score (nSPS) is 29.8. The minimum atomic E-state index is -4.21. The third-order valence-corrected chi connectivity index (χ3v) is 13.8. The van der Waals surface area contributed by atoms with Gasteiger partial charge in [-0.2, -0.15) is 0 Å². The number of amides is 2. The van der Waals surface area contributed by atoms with Crippen molar-refractivity contribution < 1.29 is 27.5 Å². The highest BCUT2D eigenvalue weighted by Crippen LogP contribution is 2.47. The summed E-state index contributed by atoms with van der Waals surface area (Å²) in [6.45, 7) is 6.69. The van der Waals surface area contributed by atoms with Crippen molar-refractivity contribution in [3.8, 4) is 5.75 Å². The molecule has 2 aliphatic carbocycles. The first kappa shape index (κ1) is 36.1. The number of anilines is 1. The number of nitrogens with one attached hydrogen (secondary N) is 1. The molecule has 1 spiro atoms. The summed E-state index contributed by atoms with van der Waals surface area (Å²) in [7, 11) is 1.61. The SMILES string of the molecule is CN(C)C1CN(C(=O)O[C@H]2/C=C\CN(C)C(C)(C)C(=O)NS(=O)(=O)c3ccc4c(c3)N(C[C@@H]3CC[C@H]32)C[C@@]2(CCCc3cc(Cl)ccc32)CO4)C1. The summed E-state index contributed by atoms with van der Waals surface area (Å²) < 4.78 is 42.8. The summed E-state index contributed by atoms with van der Waals surface area (Å²) >= 11 is 6.45. The van der Waals surface area contributed by atoms with Crippen LogP contribution in [-0.2, 0) is 31.4 Å². The maximum atomic E-state index is 13.8. The zero-order chi connectivity index (χ0) is 36.3. The number of nitrogens with zero attached hydrogens (tertiary/aromatic N) is 4. The van der Waals surface area contributed by atoms with Crippen LogP contribution >= 0.6 is 11.6 Å². The fraction of sp³-hybridized carbons (Fsp3) is 0.579. The van der Waals surface area contributed by atoms with Gasteiger partial charge in [0, 0.05) is 55.1 Å². The minimum Gasteiger partial charge on any atom is -0.490 e. The van der Waals surface area contributed by atoms with E-state index < -0.39 is 27.6 Å². The Hall–Kier alpha value is -3.32. The number of ether oxygens (including phenoxy) is 2. The standard InChI is InChI=1S/C38H50ClN5O6S/c1-37(2)35(45)40-51(47,48)29-12-15-34-32(19-29)44(23-38(24-49-34)16-6-8-25-18-27(39)11-14-31(25)38)20-26-10-13-30(26)33(9-7-17-42(37)5)50-36(46)43-21-28(22-43)41(3)4/h7,9,11-12,14-15,18-19,26,28,30,33H,6,8,10,13,16-17,20-24H2,1-5H3,(H,40,45)/b9-7-/t26-,30+,33-,38-/m0/s1. The van der Waals surface area contributed by atoms with E-state index in [0.717, 1.165) is 32.1 Å². The van der Waals surface area contributed by atoms with E-state index in [0.29, 0.717) is 61.8 Å². The van der Waals surface area contributed by atoms with Crippen LogP contribution in [0.3, 0.4) is 0 Å². The Labute approximate surface area is 306 Å². The molecule has 4 atom stereocenters. The monoisotopic (exact) mass is 739 g/mol. The number of benzene rings is 2. The molecule has 276 valence electrons. The van der Waals surface area contributed by atoms with E-state index in [-0.39, 0.29) is 28.2 Å². The third-order valence-electron chi connectivity index (χ3n) is 12.2. The largest absolute Gasteiger partial charge is 0.490 e. The molecule has 2 aromatic rings. The quantitative estimate of drug-likeness (QED) is 0.440. The van der Waals surface area contributed by atoms with Crippen molar-refractivity contribution in [3.63, 3.8) is 0 Å². The Kier molecular flexibility index (Phi) is 9.60. The summed E-state index contributed by atoms with van der Waals surface area (Å²) in [5.74, 6) is 0.210. The number of aryl methyl sites for hydroxylation is 1. The van der Waals surface area contributed by atoms with Crippen LogP contribution < -0.4 is 14.4 Å². The molecule has 3 heterocycles. The summed E-state index contributed by atoms with van der Waals surface area (Å²) in [5, 5.41) is 0.710. The van der Waals surface area contributed by atoms with Crippen LogP contribution in [0, 0.1) is 11.8 Å². The first-order valence-electron chi connectivity index (χ1n) is 18.0. The number of halogens is 1. The van der Waals surface area contributed by atoms with Crippen LogP contribution in [-0.4, -0.2) is 113 Å². The van der Waals surface area contributed by atoms with E-state index in [4.69, 9.17) is 21.1 Å². The van der Waals surface area contributed by atoms with Crippen LogP contribution in [0.5, 0.6) is 5.75 Å². The molecule has 0 unspecified atom stereocenters. The molecule has 1 N–H and O–H groups in total. The Morgan fingerprint density at radius 1 is 1.10 bits per heavy atom. The maximum absolute atomic E-state index is 13.8. The van der Waals surface area contributed by atoms with Gasteiger partial charge in [0.2, 0.25) is 0 Å². The van der Waals surface area contributed by atoms with Crippen molar-refractivity contribution in [2.45, 2.75) is 73.9 Å². The highest BCUT2D eigenvalue weighted by molar-refractivity contribution is 7.90. The average Bonchev–Trinajstić information content (AvgIpc) is 3.18. The van der Waals surface area contributed by atoms with Gasteiger partial charge in [0.25, 0.3) is 15.9 Å². The lowest BCUT2D eigenvalue weighted by atomic mass is 9.68. The van der Waals surface area contributed by atoms with Crippen molar-refractivity contribution >= 4 is 39.3 Å². The van der Waals surface area contributed by atoms with Gasteiger partial charge in [0.1, 0.15) is 11.9 Å². The zero-order valence-corrected chi connectivity index (χ0v) is 31.8. The molecule has 2 fully saturated rings. The van der Waals surface area contributed by atoms with Crippen molar-refractivity contribution in [2.75, 3.05) is 65.4 Å². The molecule has 13 heteroatoms. The van der Waals surface area contributed by atoms with Crippen LogP contribution in [0.1, 0.15) is 50.7 Å². The molecule has 2 aromatic carbocycles. The van der Waals surface area contributed by atoms with Gasteiger partial charge < -0.3 is 24.2 Å². The molecule has 0 aromatic heterocycles. The van der Waals surface area contributed by atoms with Gasteiger partial charge in [-0.15, -0.1) is 0 Å². The van der Waals surface area contributed by atoms with E-state index in [1.807, 2.05) is 32.3 Å². The van der Waals surface area contributed by atoms with Gasteiger partial charge in [0.15, 0.2) is 0 Å². The Morgan fingerprint density at radius 3 is 2.61 bits per heavy atom. The summed E-state index contributed by atoms with van der Waals surface area (Å²) in [5.41, 5.74) is 1.61. The number of hydrogen-bond acceptors (Lipinski definition) is 9. The molecular weight excluding hydrogens is 690 g/mol. The fourth-order valence-corrected chi connectivity index (χ4v) is 9.57. The third kappa shape index (κ3) is 6.84. The predicted octanol–water partition coefficient (Wildman–Crippen LogP) is 4.68. The zero-order valence-electron chi connectivity index (χ0n) is 30.2. The van der Waals surface area contributed by atoms with Gasteiger partial charge in [-0.1, -0.05) is 23.7 Å². The first-order chi connectivity index (χ1) is 24.2. The first-order valence-corrected chi connectivity index (χ1v) is 19.9. The van der Waals surface area contributed by atoms with Crippen LogP contribution in [0.15, 0.2) is 53.4 Å². The van der Waals surface area contributed by atoms with Crippen molar-refractivity contribution in [3.05, 3.63) is 64.7 Å². The van der Waals surface area contributed by atoms with Gasteiger partial charge in [0.05, 0.1) is 22.7 Å². The van der Waals surface area contributed by atoms with E-state index in [1.54, 1.807) is 42.8 Å². The smallest absolute Gasteiger partial charge is 0.410 e. The number of carbonyl (C=O) groups excluding carboxylic acids is 2. The lowest BCUT2D eigenvalue weighted by Crippen LogP contribution is -2.60. The Bertz CT molecular complexity index is 1830. The Balaban J connectivity index is 1.27. The minimum absolute atomic E-state index is 0.00274. The summed E-state index contributed by atoms with van der Waals surface area (Å²) in [4.78, 5) is 35.0. The van der Waals surface area contributed by atoms with E-state index in [2.05, 4.69) is 26.7 Å². The summed E-state index contributed by atoms with van der Waals surface area (Å²) in [6, 6.07) is 11.3. The van der Waals surface area contributed by atoms with Gasteiger partial charge in [-0.25, -0.2) is 17.9 Å². The average molecular weight is 740 g/mol. The van der Waals surface area contributed by atoms with Crippen molar-refractivity contribution in [2.24, 2.45) is 11.8 Å². The van der Waals surface area contributed by atoms with Crippen LogP contribution in [0.25, 0.3) is 0 Å². The number of sulfonamides is 1. The summed E-state index contributed by atoms with van der Waals surface area (Å²) in [6.07, 6.45) is 7.82. The molecular formula is C38H50ClN5O6S. The van der Waals surface area contributed by atoms with Crippen molar-refractivity contribution in [1.29, 1.82) is 0 Å². The lowest BCUT2D eigenvalue weighted by molar-refractivity contribution is -0.128. The second-order valence-corrected chi connectivity index (χ2v) is 18.0. The lowest BCUT2D eigenvalue weighted by Gasteiger charge is -2.47. The topological polar surface area (TPSA) is 112 Å². The number of hydrogen-bond donors (Lipinski definition) is 1. The van der Waals surface area contributed by atoms with E-state index >= 15 is 0 Å². The van der Waals surface area contributed by atoms with E-state index in [9.17, 15) is 18.0 Å². The Morgan fingerprint density at radius 2 is 1.88 bits per heavy atom. The number of fused-ring (bicyclic) bond motifs is 4. The molecule has 1 saturated heterocycles. The molecule has 3 aliphatic heterocycles. The second-order valence-electron chi connectivity index (χ2n) is 15.9. The molecule has 2 bridgehead atoms. The molecule has 51 heavy (non-hydrogen) atoms. The number of likely N-dealkylation sites (tertiary alicyclic amines) is 1. The molecule has 11 nitrogen and oxygen atoms in total. The predicted molar refractivity (Wildman–Crippen MR) is 197 cm³/mol. The van der Waals surface area contributed by atoms with Gasteiger partial charge in [-0.05, 0) is 121 Å². The second kappa shape index (κ2) is 13.6. The molecule has 7 rings (SSSR count).